The molecule has 0 aromatic rings. The number of rotatable bonds is 5. The molecule has 3 fully saturated rings. The first-order valence-corrected chi connectivity index (χ1v) is 11.9. The molecule has 0 radical (unpaired) electrons. The summed E-state index contributed by atoms with van der Waals surface area (Å²) in [6.45, 7) is 7.61. The number of methoxy groups -OCH3 is 1. The molecule has 3 atom stereocenters. The van der Waals surface area contributed by atoms with Crippen LogP contribution in [0.5, 0.6) is 0 Å². The zero-order valence-electron chi connectivity index (χ0n) is 19.6. The second kappa shape index (κ2) is 8.40. The smallest absolute Gasteiger partial charge is 0.336 e. The minimum atomic E-state index is -0.339. The summed E-state index contributed by atoms with van der Waals surface area (Å²) in [5.41, 5.74) is 2.92. The third kappa shape index (κ3) is 3.64. The Balaban J connectivity index is 1.22. The number of hydrogen-bond acceptors (Lipinski definition) is 7. The van der Waals surface area contributed by atoms with E-state index in [1.807, 2.05) is 12.2 Å². The molecular weight excluding hydrogens is 424 g/mol. The van der Waals surface area contributed by atoms with Gasteiger partial charge in [-0.15, -0.1) is 0 Å². The lowest BCUT2D eigenvalue weighted by atomic mass is 9.76. The lowest BCUT2D eigenvalue weighted by Crippen LogP contribution is -2.47. The van der Waals surface area contributed by atoms with Gasteiger partial charge in [-0.25, -0.2) is 9.59 Å². The number of carbonyl (C=O) groups excluding carboxylic acids is 3. The fraction of sp³-hybridized carbons (Fsp3) is 0.640. The van der Waals surface area contributed by atoms with E-state index < -0.39 is 0 Å². The summed E-state index contributed by atoms with van der Waals surface area (Å²) in [6, 6.07) is 0. The van der Waals surface area contributed by atoms with Crippen LogP contribution in [-0.2, 0) is 28.6 Å². The molecule has 1 amide bonds. The largest absolute Gasteiger partial charge is 0.462 e. The van der Waals surface area contributed by atoms with Gasteiger partial charge in [0.05, 0.1) is 29.4 Å². The quantitative estimate of drug-likeness (QED) is 0.584. The average Bonchev–Trinajstić information content (AvgIpc) is 3.46. The highest BCUT2D eigenvalue weighted by molar-refractivity contribution is 5.94. The van der Waals surface area contributed by atoms with Crippen molar-refractivity contribution in [3.63, 3.8) is 0 Å². The molecule has 4 aliphatic heterocycles. The Bertz CT molecular complexity index is 971. The molecule has 0 bridgehead atoms. The first-order chi connectivity index (χ1) is 15.8. The molecule has 5 aliphatic rings. The molecule has 4 heterocycles. The van der Waals surface area contributed by atoms with E-state index in [1.165, 1.54) is 5.57 Å². The number of allylic oxidation sites excluding steroid dienone is 2. The molecule has 1 aliphatic carbocycles. The number of esters is 2. The second-order valence-corrected chi connectivity index (χ2v) is 9.94. The number of nitrogens with zero attached hydrogens (tertiary/aromatic N) is 2. The topological polar surface area (TPSA) is 85.4 Å². The van der Waals surface area contributed by atoms with Gasteiger partial charge in [-0.1, -0.05) is 19.1 Å². The molecule has 5 rings (SSSR count). The van der Waals surface area contributed by atoms with Crippen molar-refractivity contribution in [3.05, 3.63) is 34.6 Å². The fourth-order valence-electron chi connectivity index (χ4n) is 6.07. The Labute approximate surface area is 194 Å². The van der Waals surface area contributed by atoms with Gasteiger partial charge in [0.15, 0.2) is 0 Å². The number of likely N-dealkylation sites (tertiary alicyclic amines) is 2. The van der Waals surface area contributed by atoms with Gasteiger partial charge in [-0.3, -0.25) is 4.79 Å². The molecule has 3 saturated heterocycles. The van der Waals surface area contributed by atoms with E-state index in [4.69, 9.17) is 14.2 Å². The number of piperidine rings is 1. The standard InChI is InChI=1S/C25H32N2O6/c1-15-17(4-5-18-19(15)13-32-23(18)29)21(31-3)12-26-9-6-25(7-10-26)8-11-27(24(25)30)20-14-33-22(28)16(20)2/h4-5,15,19,21H,6-14H2,1-3H3/t15?,19?,21-/m0/s1. The summed E-state index contributed by atoms with van der Waals surface area (Å²) in [7, 11) is 1.73. The first-order valence-electron chi connectivity index (χ1n) is 11.9. The first kappa shape index (κ1) is 22.3. The SMILES string of the molecule is CO[C@@H](CN1CCC2(CC1)CCN(C1=C(C)C(=O)OC1)C2=O)C1=CC=C2C(=O)OCC2C1C. The van der Waals surface area contributed by atoms with E-state index in [9.17, 15) is 14.4 Å². The maximum atomic E-state index is 13.4. The second-order valence-electron chi connectivity index (χ2n) is 9.94. The minimum absolute atomic E-state index is 0.0622. The predicted molar refractivity (Wildman–Crippen MR) is 119 cm³/mol. The highest BCUT2D eigenvalue weighted by Gasteiger charge is 2.50. The monoisotopic (exact) mass is 456 g/mol. The van der Waals surface area contributed by atoms with E-state index in [0.717, 1.165) is 50.2 Å². The van der Waals surface area contributed by atoms with Gasteiger partial charge in [0.2, 0.25) is 5.91 Å². The zero-order valence-corrected chi connectivity index (χ0v) is 19.6. The van der Waals surface area contributed by atoms with Gasteiger partial charge in [0.1, 0.15) is 6.61 Å². The van der Waals surface area contributed by atoms with Gasteiger partial charge in [-0.05, 0) is 50.8 Å². The van der Waals surface area contributed by atoms with Crippen molar-refractivity contribution in [2.45, 2.75) is 39.2 Å². The van der Waals surface area contributed by atoms with Crippen LogP contribution in [0, 0.1) is 17.3 Å². The van der Waals surface area contributed by atoms with Gasteiger partial charge >= 0.3 is 11.9 Å². The van der Waals surface area contributed by atoms with Crippen molar-refractivity contribution >= 4 is 17.8 Å². The van der Waals surface area contributed by atoms with Crippen LogP contribution in [-0.4, -0.2) is 80.3 Å². The Morgan fingerprint density at radius 3 is 2.48 bits per heavy atom. The highest BCUT2D eigenvalue weighted by atomic mass is 16.5. The van der Waals surface area contributed by atoms with E-state index in [1.54, 1.807) is 18.9 Å². The van der Waals surface area contributed by atoms with Crippen LogP contribution >= 0.6 is 0 Å². The van der Waals surface area contributed by atoms with Crippen LogP contribution in [0.2, 0.25) is 0 Å². The molecule has 0 aromatic carbocycles. The molecule has 0 saturated carbocycles. The maximum Gasteiger partial charge on any atom is 0.336 e. The van der Waals surface area contributed by atoms with Gasteiger partial charge in [-0.2, -0.15) is 0 Å². The van der Waals surface area contributed by atoms with Crippen molar-refractivity contribution in [2.75, 3.05) is 46.5 Å². The van der Waals surface area contributed by atoms with Crippen molar-refractivity contribution in [2.24, 2.45) is 17.3 Å². The van der Waals surface area contributed by atoms with Crippen molar-refractivity contribution < 1.29 is 28.6 Å². The molecule has 8 heteroatoms. The van der Waals surface area contributed by atoms with Crippen molar-refractivity contribution in [1.82, 2.24) is 9.80 Å². The number of cyclic esters (lactones) is 2. The van der Waals surface area contributed by atoms with Crippen LogP contribution in [0.4, 0.5) is 0 Å². The summed E-state index contributed by atoms with van der Waals surface area (Å²) in [5, 5.41) is 0. The van der Waals surface area contributed by atoms with E-state index in [-0.39, 0.29) is 47.8 Å². The van der Waals surface area contributed by atoms with Gasteiger partial charge in [0.25, 0.3) is 0 Å². The van der Waals surface area contributed by atoms with Crippen LogP contribution in [0.15, 0.2) is 34.6 Å². The molecular formula is C25H32N2O6. The Kier molecular flexibility index (Phi) is 5.69. The number of fused-ring (bicyclic) bond motifs is 1. The third-order valence-electron chi connectivity index (χ3n) is 8.42. The summed E-state index contributed by atoms with van der Waals surface area (Å²) in [5.74, 6) is -0.0835. The fourth-order valence-corrected chi connectivity index (χ4v) is 6.07. The molecule has 1 spiro atoms. The molecule has 8 nitrogen and oxygen atoms in total. The van der Waals surface area contributed by atoms with Gasteiger partial charge < -0.3 is 24.0 Å². The van der Waals surface area contributed by atoms with Crippen LogP contribution in [0.3, 0.4) is 0 Å². The lowest BCUT2D eigenvalue weighted by molar-refractivity contribution is -0.138. The average molecular weight is 457 g/mol. The minimum Gasteiger partial charge on any atom is -0.462 e. The number of carbonyl (C=O) groups is 3. The number of amides is 1. The van der Waals surface area contributed by atoms with E-state index in [2.05, 4.69) is 11.8 Å². The molecule has 33 heavy (non-hydrogen) atoms. The van der Waals surface area contributed by atoms with Crippen LogP contribution in [0.1, 0.15) is 33.1 Å². The third-order valence-corrected chi connectivity index (χ3v) is 8.42. The van der Waals surface area contributed by atoms with Crippen molar-refractivity contribution in [1.29, 1.82) is 0 Å². The van der Waals surface area contributed by atoms with Crippen LogP contribution in [0.25, 0.3) is 0 Å². The van der Waals surface area contributed by atoms with E-state index in [0.29, 0.717) is 18.7 Å². The summed E-state index contributed by atoms with van der Waals surface area (Å²) >= 11 is 0. The molecule has 178 valence electrons. The van der Waals surface area contributed by atoms with Gasteiger partial charge in [0, 0.05) is 31.7 Å². The summed E-state index contributed by atoms with van der Waals surface area (Å²) in [4.78, 5) is 41.2. The molecule has 2 unspecified atom stereocenters. The Hall–Kier alpha value is -2.45. The lowest BCUT2D eigenvalue weighted by Gasteiger charge is -2.40. The zero-order chi connectivity index (χ0) is 23.3. The number of ether oxygens (including phenoxy) is 3. The van der Waals surface area contributed by atoms with E-state index >= 15 is 0 Å². The summed E-state index contributed by atoms with van der Waals surface area (Å²) < 4.78 is 16.3. The van der Waals surface area contributed by atoms with Crippen molar-refractivity contribution in [3.8, 4) is 0 Å². The molecule has 0 N–H and O–H groups in total. The maximum absolute atomic E-state index is 13.4. The summed E-state index contributed by atoms with van der Waals surface area (Å²) in [6.07, 6.45) is 6.30. The highest BCUT2D eigenvalue weighted by Crippen LogP contribution is 2.44. The predicted octanol–water partition coefficient (Wildman–Crippen LogP) is 1.82. The molecule has 0 aromatic heterocycles. The normalized spacial score (nSPS) is 30.4. The van der Waals surface area contributed by atoms with Crippen LogP contribution < -0.4 is 0 Å². The Morgan fingerprint density at radius 1 is 1.09 bits per heavy atom. The Morgan fingerprint density at radius 2 is 1.82 bits per heavy atom. The number of hydrogen-bond donors (Lipinski definition) is 0.